The van der Waals surface area contributed by atoms with Gasteiger partial charge in [0.25, 0.3) is 0 Å². The van der Waals surface area contributed by atoms with Crippen molar-refractivity contribution >= 4 is 54.0 Å². The number of para-hydroxylation sites is 1. The first-order valence-corrected chi connectivity index (χ1v) is 14.3. The summed E-state index contributed by atoms with van der Waals surface area (Å²) in [6.07, 6.45) is -1.48. The van der Waals surface area contributed by atoms with Crippen molar-refractivity contribution in [3.05, 3.63) is 42.9 Å². The highest BCUT2D eigenvalue weighted by Gasteiger charge is 2.56. The van der Waals surface area contributed by atoms with Crippen LogP contribution in [0.25, 0.3) is 11.2 Å². The molecule has 4 rings (SSSR count). The summed E-state index contributed by atoms with van der Waals surface area (Å²) in [5, 5.41) is 15.9. The number of rotatable bonds is 10. The second kappa shape index (κ2) is 12.3. The van der Waals surface area contributed by atoms with Crippen molar-refractivity contribution in [1.82, 2.24) is 24.6 Å². The van der Waals surface area contributed by atoms with Crippen molar-refractivity contribution in [3.8, 4) is 17.0 Å². The average molecular weight is 613 g/mol. The number of benzene rings is 1. The summed E-state index contributed by atoms with van der Waals surface area (Å²) in [7, 11) is -4.26. The molecule has 3 heterocycles. The summed E-state index contributed by atoms with van der Waals surface area (Å²) in [5.74, 6) is 2.08. The lowest BCUT2D eigenvalue weighted by atomic mass is 9.99. The predicted octanol–water partition coefficient (Wildman–Crippen LogP) is 2.98. The van der Waals surface area contributed by atoms with E-state index >= 15 is 0 Å². The number of carbonyl (C=O) groups is 1. The molecule has 1 aliphatic heterocycles. The second-order valence-corrected chi connectivity index (χ2v) is 11.6. The van der Waals surface area contributed by atoms with Gasteiger partial charge in [0.05, 0.1) is 25.2 Å². The van der Waals surface area contributed by atoms with Crippen LogP contribution >= 0.6 is 30.9 Å². The van der Waals surface area contributed by atoms with E-state index in [0.29, 0.717) is 5.52 Å². The van der Waals surface area contributed by atoms with Gasteiger partial charge in [-0.15, -0.1) is 0 Å². The Morgan fingerprint density at radius 1 is 1.32 bits per heavy atom. The Labute approximate surface area is 239 Å². The normalized spacial score (nSPS) is 24.7. The van der Waals surface area contributed by atoms with E-state index in [-0.39, 0.29) is 17.3 Å². The number of ether oxygens (including phenoxy) is 2. The molecule has 0 spiro atoms. The third-order valence-corrected chi connectivity index (χ3v) is 7.95. The van der Waals surface area contributed by atoms with Crippen molar-refractivity contribution in [1.29, 1.82) is 0 Å². The highest BCUT2D eigenvalue weighted by atomic mass is 35.5. The van der Waals surface area contributed by atoms with E-state index in [9.17, 15) is 14.5 Å². The monoisotopic (exact) mass is 612 g/mol. The van der Waals surface area contributed by atoms with Crippen LogP contribution in [-0.2, 0) is 23.4 Å². The van der Waals surface area contributed by atoms with E-state index in [1.54, 1.807) is 44.2 Å². The van der Waals surface area contributed by atoms with Crippen molar-refractivity contribution in [2.45, 2.75) is 56.2 Å². The number of nitrogen functional groups attached to an aromatic ring is 1. The lowest BCUT2D eigenvalue weighted by molar-refractivity contribution is -0.149. The maximum atomic E-state index is 13.8. The molecular formula is C24H27Cl2N6O7P. The number of halogens is 2. The van der Waals surface area contributed by atoms with Crippen LogP contribution in [0.5, 0.6) is 5.75 Å². The van der Waals surface area contributed by atoms with Gasteiger partial charge in [0, 0.05) is 5.38 Å². The molecule has 2 aromatic heterocycles. The van der Waals surface area contributed by atoms with Crippen LogP contribution < -0.4 is 15.3 Å². The summed E-state index contributed by atoms with van der Waals surface area (Å²) < 4.78 is 37.8. The van der Waals surface area contributed by atoms with E-state index in [1.165, 1.54) is 24.0 Å². The largest absolute Gasteiger partial charge is 0.462 e. The number of nitrogens with one attached hydrogen (secondary N) is 1. The van der Waals surface area contributed by atoms with Gasteiger partial charge in [0.2, 0.25) is 5.95 Å². The van der Waals surface area contributed by atoms with Gasteiger partial charge in [-0.1, -0.05) is 35.7 Å². The molecule has 40 heavy (non-hydrogen) atoms. The van der Waals surface area contributed by atoms with Gasteiger partial charge < -0.3 is 24.8 Å². The van der Waals surface area contributed by atoms with Gasteiger partial charge in [0.1, 0.15) is 29.5 Å². The van der Waals surface area contributed by atoms with Crippen LogP contribution in [-0.4, -0.2) is 66.4 Å². The van der Waals surface area contributed by atoms with Crippen molar-refractivity contribution in [3.63, 3.8) is 0 Å². The second-order valence-electron chi connectivity index (χ2n) is 9.08. The number of hydrogen-bond donors (Lipinski definition) is 3. The smallest absolute Gasteiger partial charge is 0.459 e. The molecule has 1 saturated heterocycles. The number of esters is 1. The van der Waals surface area contributed by atoms with Crippen LogP contribution in [0.1, 0.15) is 27.0 Å². The Kier molecular flexibility index (Phi) is 9.22. The summed E-state index contributed by atoms with van der Waals surface area (Å²) in [6, 6.07) is 7.13. The van der Waals surface area contributed by atoms with E-state index in [0.717, 1.165) is 0 Å². The third-order valence-electron chi connectivity index (χ3n) is 5.71. The first kappa shape index (κ1) is 30.0. The number of hydrogen-bond acceptors (Lipinski definition) is 11. The summed E-state index contributed by atoms with van der Waals surface area (Å²) in [5.41, 5.74) is 6.39. The number of nitrogens with zero attached hydrogens (tertiary/aromatic N) is 4. The molecule has 0 amide bonds. The van der Waals surface area contributed by atoms with Crippen LogP contribution in [0.3, 0.4) is 0 Å². The molecule has 4 N–H and O–H groups in total. The minimum Gasteiger partial charge on any atom is -0.462 e. The zero-order valence-corrected chi connectivity index (χ0v) is 24.0. The van der Waals surface area contributed by atoms with Crippen LogP contribution in [0.15, 0.2) is 42.9 Å². The molecule has 3 aromatic rings. The lowest BCUT2D eigenvalue weighted by Crippen LogP contribution is -2.42. The Morgan fingerprint density at radius 3 is 2.73 bits per heavy atom. The molecule has 0 radical (unpaired) electrons. The number of aliphatic hydroxyl groups excluding tert-OH is 1. The van der Waals surface area contributed by atoms with Gasteiger partial charge in [0.15, 0.2) is 16.7 Å². The summed E-state index contributed by atoms with van der Waals surface area (Å²) in [6.45, 7) is 4.32. The molecule has 1 aromatic carbocycles. The fraction of sp³-hybridized carbons (Fsp3) is 0.417. The number of nitrogens with two attached hydrogens (primary N) is 1. The van der Waals surface area contributed by atoms with Crippen molar-refractivity contribution in [2.75, 3.05) is 12.3 Å². The minimum absolute atomic E-state index is 0.0218. The molecule has 0 aliphatic carbocycles. The minimum atomic E-state index is -4.26. The Hall–Kier alpha value is -2.95. The SMILES string of the molecule is CC(C)OC(=O)[C@H](C)NP(=O)(OC[C@H]1OC(n2cnc3cnc(N)nc32)C(Cl)(C#CCl)C1O)Oc1ccccc1. The van der Waals surface area contributed by atoms with E-state index in [1.807, 2.05) is 0 Å². The molecule has 4 unspecified atom stereocenters. The quantitative estimate of drug-likeness (QED) is 0.132. The van der Waals surface area contributed by atoms with Gasteiger partial charge in [-0.05, 0) is 44.5 Å². The van der Waals surface area contributed by atoms with Crippen molar-refractivity contribution in [2.24, 2.45) is 0 Å². The molecule has 0 saturated carbocycles. The van der Waals surface area contributed by atoms with E-state index in [4.69, 9.17) is 47.5 Å². The number of imidazole rings is 1. The Morgan fingerprint density at radius 2 is 2.05 bits per heavy atom. The lowest BCUT2D eigenvalue weighted by Gasteiger charge is -2.26. The topological polar surface area (TPSA) is 173 Å². The fourth-order valence-electron chi connectivity index (χ4n) is 3.88. The fourth-order valence-corrected chi connectivity index (χ4v) is 5.93. The highest BCUT2D eigenvalue weighted by Crippen LogP contribution is 2.48. The molecule has 16 heteroatoms. The zero-order chi connectivity index (χ0) is 29.1. The van der Waals surface area contributed by atoms with Crippen LogP contribution in [0, 0.1) is 11.3 Å². The number of aliphatic hydroxyl groups is 1. The molecule has 1 aliphatic rings. The van der Waals surface area contributed by atoms with Crippen molar-refractivity contribution < 1.29 is 33.0 Å². The van der Waals surface area contributed by atoms with E-state index in [2.05, 4.69) is 31.3 Å². The van der Waals surface area contributed by atoms with Gasteiger partial charge in [-0.2, -0.15) is 10.1 Å². The van der Waals surface area contributed by atoms with Gasteiger partial charge in [-0.25, -0.2) is 14.5 Å². The van der Waals surface area contributed by atoms with Gasteiger partial charge >= 0.3 is 13.7 Å². The number of alkyl halides is 1. The molecule has 1 fully saturated rings. The Bertz CT molecular complexity index is 1470. The molecule has 0 bridgehead atoms. The maximum Gasteiger partial charge on any atom is 0.459 e. The standard InChI is InChI=1S/C24H27Cl2N6O7P/c1-14(2)37-21(34)15(3)31-40(35,39-16-7-5-4-6-8-16)36-12-18-19(33)24(26,9-10-25)22(38-18)32-13-29-17-11-28-23(27)30-20(17)32/h4-8,11,13-15,18-19,22,33H,12H2,1-3H3,(H,31,35)(H2,27,28,30)/t15-,18+,19?,22?,24?,40?/m0/s1. The van der Waals surface area contributed by atoms with E-state index < -0.39 is 55.8 Å². The zero-order valence-electron chi connectivity index (χ0n) is 21.6. The number of fused-ring (bicyclic) bond motifs is 1. The summed E-state index contributed by atoms with van der Waals surface area (Å²) in [4.78, 5) is 22.9. The number of anilines is 1. The number of carbonyl (C=O) groups excluding carboxylic acids is 1. The molecule has 6 atom stereocenters. The molecular weight excluding hydrogens is 586 g/mol. The molecule has 214 valence electrons. The third kappa shape index (κ3) is 6.50. The van der Waals surface area contributed by atoms with Crippen LogP contribution in [0.2, 0.25) is 0 Å². The highest BCUT2D eigenvalue weighted by molar-refractivity contribution is 7.52. The average Bonchev–Trinajstić information content (AvgIpc) is 3.41. The first-order chi connectivity index (χ1) is 19.0. The first-order valence-electron chi connectivity index (χ1n) is 12.0. The number of aromatic nitrogens is 4. The predicted molar refractivity (Wildman–Crippen MR) is 146 cm³/mol. The van der Waals surface area contributed by atoms with Gasteiger partial charge in [-0.3, -0.25) is 13.9 Å². The molecule has 13 nitrogen and oxygen atoms in total. The van der Waals surface area contributed by atoms with Crippen LogP contribution in [0.4, 0.5) is 5.95 Å². The maximum absolute atomic E-state index is 13.8. The summed E-state index contributed by atoms with van der Waals surface area (Å²) >= 11 is 12.5. The Balaban J connectivity index is 1.59.